The summed E-state index contributed by atoms with van der Waals surface area (Å²) in [5.74, 6) is -0.531. The second kappa shape index (κ2) is 11.7. The van der Waals surface area contributed by atoms with Crippen molar-refractivity contribution in [1.29, 1.82) is 5.26 Å². The molecule has 1 atom stereocenters. The van der Waals surface area contributed by atoms with Gasteiger partial charge in [0.2, 0.25) is 0 Å². The zero-order valence-electron chi connectivity index (χ0n) is 22.1. The lowest BCUT2D eigenvalue weighted by molar-refractivity contribution is -0.00178. The van der Waals surface area contributed by atoms with Crippen LogP contribution in [0.25, 0.3) is 16.9 Å². The van der Waals surface area contributed by atoms with Crippen molar-refractivity contribution < 1.29 is 23.8 Å². The number of rotatable bonds is 8. The van der Waals surface area contributed by atoms with E-state index in [4.69, 9.17) is 10.00 Å². The Morgan fingerprint density at radius 3 is 2.67 bits per heavy atom. The third kappa shape index (κ3) is 6.61. The monoisotopic (exact) mass is 537 g/mol. The van der Waals surface area contributed by atoms with Gasteiger partial charge in [-0.25, -0.2) is 13.7 Å². The summed E-state index contributed by atoms with van der Waals surface area (Å²) in [6, 6.07) is 9.18. The molecule has 39 heavy (non-hydrogen) atoms. The number of pyridine rings is 1. The number of alkyl halides is 1. The van der Waals surface area contributed by atoms with Crippen LogP contribution < -0.4 is 16.0 Å². The molecule has 4 N–H and O–H groups in total. The Labute approximate surface area is 225 Å². The summed E-state index contributed by atoms with van der Waals surface area (Å²) in [4.78, 5) is 29.1. The van der Waals surface area contributed by atoms with Gasteiger partial charge in [-0.15, -0.1) is 0 Å². The molecule has 11 nitrogen and oxygen atoms in total. The van der Waals surface area contributed by atoms with E-state index in [1.54, 1.807) is 16.6 Å². The number of nitrogens with one attached hydrogen (secondary N) is 3. The predicted molar refractivity (Wildman–Crippen MR) is 142 cm³/mol. The van der Waals surface area contributed by atoms with Crippen molar-refractivity contribution in [2.24, 2.45) is 0 Å². The van der Waals surface area contributed by atoms with Crippen LogP contribution in [0.4, 0.5) is 14.9 Å². The lowest BCUT2D eigenvalue weighted by Gasteiger charge is -2.30. The van der Waals surface area contributed by atoms with Gasteiger partial charge in [0.1, 0.15) is 18.3 Å². The summed E-state index contributed by atoms with van der Waals surface area (Å²) in [5.41, 5.74) is 1.50. The topological polar surface area (TPSA) is 154 Å². The van der Waals surface area contributed by atoms with Crippen molar-refractivity contribution in [1.82, 2.24) is 25.2 Å². The molecule has 3 aromatic heterocycles. The average Bonchev–Trinajstić information content (AvgIpc) is 3.35. The van der Waals surface area contributed by atoms with E-state index >= 15 is 0 Å². The Morgan fingerprint density at radius 1 is 1.26 bits per heavy atom. The number of alkyl carbamates (subject to hydrolysis) is 1. The molecule has 4 rings (SSSR count). The molecule has 3 aromatic rings. The van der Waals surface area contributed by atoms with Crippen LogP contribution >= 0.6 is 0 Å². The Kier molecular flexibility index (Phi) is 8.30. The molecule has 0 unspecified atom stereocenters. The zero-order valence-corrected chi connectivity index (χ0v) is 22.1. The first-order valence-electron chi connectivity index (χ1n) is 12.8. The summed E-state index contributed by atoms with van der Waals surface area (Å²) in [6.07, 6.45) is 3.33. The van der Waals surface area contributed by atoms with Crippen LogP contribution in [0.2, 0.25) is 0 Å². The largest absolute Gasteiger partial charge is 0.446 e. The summed E-state index contributed by atoms with van der Waals surface area (Å²) >= 11 is 0. The number of nitriles is 1. The number of hydrogen-bond acceptors (Lipinski definition) is 8. The summed E-state index contributed by atoms with van der Waals surface area (Å²) in [6.45, 7) is 2.32. The van der Waals surface area contributed by atoms with Crippen molar-refractivity contribution in [3.05, 3.63) is 47.8 Å². The molecule has 1 saturated carbocycles. The Hall–Kier alpha value is -4.24. The van der Waals surface area contributed by atoms with E-state index in [9.17, 15) is 19.1 Å². The normalized spacial score (nSPS) is 18.2. The molecule has 2 amide bonds. The van der Waals surface area contributed by atoms with E-state index in [2.05, 4.69) is 32.1 Å². The van der Waals surface area contributed by atoms with Gasteiger partial charge in [-0.1, -0.05) is 0 Å². The molecule has 1 aliphatic rings. The highest BCUT2D eigenvalue weighted by atomic mass is 19.1. The van der Waals surface area contributed by atoms with E-state index in [1.807, 2.05) is 12.1 Å². The van der Waals surface area contributed by atoms with Gasteiger partial charge in [-0.05, 0) is 63.8 Å². The molecule has 3 heterocycles. The van der Waals surface area contributed by atoms with Crippen LogP contribution in [0.1, 0.15) is 55.5 Å². The van der Waals surface area contributed by atoms with Gasteiger partial charge in [0.25, 0.3) is 5.91 Å². The highest BCUT2D eigenvalue weighted by Gasteiger charge is 2.28. The van der Waals surface area contributed by atoms with Crippen LogP contribution in [-0.4, -0.2) is 69.2 Å². The van der Waals surface area contributed by atoms with Crippen molar-refractivity contribution in [2.45, 2.75) is 63.4 Å². The number of carbonyl (C=O) groups is 2. The fourth-order valence-corrected chi connectivity index (χ4v) is 4.43. The van der Waals surface area contributed by atoms with Crippen LogP contribution in [0, 0.1) is 11.3 Å². The fraction of sp³-hybridized carbons (Fsp3) is 0.444. The number of halogens is 1. The van der Waals surface area contributed by atoms with E-state index in [-0.39, 0.29) is 24.3 Å². The molecule has 12 heteroatoms. The average molecular weight is 538 g/mol. The highest BCUT2D eigenvalue weighted by molar-refractivity contribution is 6.00. The number of fused-ring (bicyclic) bond motifs is 1. The molecule has 206 valence electrons. The molecular formula is C27H32FN7O4. The third-order valence-electron chi connectivity index (χ3n) is 6.76. The van der Waals surface area contributed by atoms with Gasteiger partial charge >= 0.3 is 6.09 Å². The molecule has 0 saturated heterocycles. The second-order valence-corrected chi connectivity index (χ2v) is 10.1. The van der Waals surface area contributed by atoms with Gasteiger partial charge in [-0.2, -0.15) is 10.4 Å². The maximum atomic E-state index is 14.3. The van der Waals surface area contributed by atoms with Gasteiger partial charge in [-0.3, -0.25) is 9.78 Å². The minimum Gasteiger partial charge on any atom is -0.446 e. The smallest absolute Gasteiger partial charge is 0.407 e. The predicted octanol–water partition coefficient (Wildman–Crippen LogP) is 3.19. The number of aromatic nitrogens is 3. The van der Waals surface area contributed by atoms with E-state index in [0.29, 0.717) is 48.3 Å². The summed E-state index contributed by atoms with van der Waals surface area (Å²) in [7, 11) is 1.52. The van der Waals surface area contributed by atoms with E-state index < -0.39 is 23.8 Å². The number of nitrogens with zero attached hydrogens (tertiary/aromatic N) is 4. The molecule has 0 spiro atoms. The minimum atomic E-state index is -1.66. The Balaban J connectivity index is 1.59. The standard InChI is InChI=1S/C27H32FN7O4/c1-27(2,38)24(28)15-32-25(36)20-14-31-22(23-9-6-18-10-16(12-29)13-33-35(18)23)11-21(20)34-17-4-7-19(8-5-17)39-26(37)30-3/h6,9-11,13-14,17,19,24,38H,4-5,7-8,15H2,1-3H3,(H,30,37)(H,31,34)(H,32,36)/t17-,19-,24-/m1/s1. The first-order chi connectivity index (χ1) is 18.6. The van der Waals surface area contributed by atoms with Crippen molar-refractivity contribution >= 4 is 23.2 Å². The van der Waals surface area contributed by atoms with Crippen molar-refractivity contribution in [2.75, 3.05) is 18.9 Å². The number of amides is 2. The molecule has 0 aliphatic heterocycles. The zero-order chi connectivity index (χ0) is 28.2. The molecule has 1 aliphatic carbocycles. The van der Waals surface area contributed by atoms with Crippen molar-refractivity contribution in [3.8, 4) is 17.5 Å². The lowest BCUT2D eigenvalue weighted by Crippen LogP contribution is -2.42. The van der Waals surface area contributed by atoms with Crippen LogP contribution in [0.15, 0.2) is 36.7 Å². The second-order valence-electron chi connectivity index (χ2n) is 10.1. The van der Waals surface area contributed by atoms with Crippen LogP contribution in [0.5, 0.6) is 0 Å². The molecular weight excluding hydrogens is 505 g/mol. The highest BCUT2D eigenvalue weighted by Crippen LogP contribution is 2.29. The maximum Gasteiger partial charge on any atom is 0.407 e. The summed E-state index contributed by atoms with van der Waals surface area (Å²) < 4.78 is 21.3. The van der Waals surface area contributed by atoms with Crippen LogP contribution in [-0.2, 0) is 4.74 Å². The first-order valence-corrected chi connectivity index (χ1v) is 12.8. The first kappa shape index (κ1) is 27.8. The number of anilines is 1. The minimum absolute atomic E-state index is 0.00186. The van der Waals surface area contributed by atoms with E-state index in [0.717, 1.165) is 5.52 Å². The molecule has 0 bridgehead atoms. The Morgan fingerprint density at radius 2 is 2.00 bits per heavy atom. The fourth-order valence-electron chi connectivity index (χ4n) is 4.43. The quantitative estimate of drug-likeness (QED) is 0.342. The van der Waals surface area contributed by atoms with Crippen molar-refractivity contribution in [3.63, 3.8) is 0 Å². The maximum absolute atomic E-state index is 14.3. The lowest BCUT2D eigenvalue weighted by atomic mass is 9.92. The number of hydrogen-bond donors (Lipinski definition) is 4. The number of ether oxygens (including phenoxy) is 1. The molecule has 1 fully saturated rings. The van der Waals surface area contributed by atoms with E-state index in [1.165, 1.54) is 33.3 Å². The summed E-state index contributed by atoms with van der Waals surface area (Å²) in [5, 5.41) is 31.8. The number of aliphatic hydroxyl groups is 1. The van der Waals surface area contributed by atoms with Gasteiger partial charge in [0, 0.05) is 19.3 Å². The van der Waals surface area contributed by atoms with Gasteiger partial charge in [0.05, 0.1) is 52.1 Å². The molecule has 0 radical (unpaired) electrons. The number of carbonyl (C=O) groups excluding carboxylic acids is 2. The van der Waals surface area contributed by atoms with Crippen LogP contribution in [0.3, 0.4) is 0 Å². The van der Waals surface area contributed by atoms with Gasteiger partial charge < -0.3 is 25.8 Å². The molecule has 0 aromatic carbocycles. The van der Waals surface area contributed by atoms with Gasteiger partial charge in [0.15, 0.2) is 0 Å². The Bertz CT molecular complexity index is 1390. The third-order valence-corrected chi connectivity index (χ3v) is 6.76. The SMILES string of the molecule is CNC(=O)O[C@H]1CC[C@H](Nc2cc(-c3ccc4cc(C#N)cnn34)ncc2C(=O)NC[C@@H](F)C(C)(C)O)CC1.